The van der Waals surface area contributed by atoms with Gasteiger partial charge in [-0.25, -0.2) is 4.68 Å². The predicted octanol–water partition coefficient (Wildman–Crippen LogP) is 3.57. The molecule has 0 saturated heterocycles. The largest absolute Gasteiger partial charge is 0.484 e. The Morgan fingerprint density at radius 3 is 2.57 bits per heavy atom. The Hall–Kier alpha value is -3.13. The van der Waals surface area contributed by atoms with E-state index < -0.39 is 0 Å². The van der Waals surface area contributed by atoms with E-state index in [0.29, 0.717) is 17.1 Å². The molecule has 0 bridgehead atoms. The van der Waals surface area contributed by atoms with Crippen molar-refractivity contribution in [3.05, 3.63) is 70.3 Å². The molecule has 0 spiro atoms. The maximum absolute atomic E-state index is 12.0. The second-order valence-electron chi connectivity index (χ2n) is 6.32. The Kier molecular flexibility index (Phi) is 6.44. The van der Waals surface area contributed by atoms with Crippen LogP contribution >= 0.6 is 12.2 Å². The van der Waals surface area contributed by atoms with Crippen LogP contribution in [0.1, 0.15) is 23.9 Å². The maximum atomic E-state index is 12.0. The first-order valence-corrected chi connectivity index (χ1v) is 9.44. The number of benzene rings is 2. The summed E-state index contributed by atoms with van der Waals surface area (Å²) in [5.41, 5.74) is 6.20. The van der Waals surface area contributed by atoms with Crippen LogP contribution in [-0.2, 0) is 17.8 Å². The lowest BCUT2D eigenvalue weighted by atomic mass is 10.2. The zero-order chi connectivity index (χ0) is 19.9. The van der Waals surface area contributed by atoms with Crippen LogP contribution in [0.2, 0.25) is 0 Å². The van der Waals surface area contributed by atoms with Crippen molar-refractivity contribution in [2.45, 2.75) is 26.8 Å². The Balaban J connectivity index is 1.48. The van der Waals surface area contributed by atoms with Gasteiger partial charge in [0.1, 0.15) is 5.75 Å². The van der Waals surface area contributed by atoms with Crippen LogP contribution in [-0.4, -0.2) is 27.4 Å². The van der Waals surface area contributed by atoms with Gasteiger partial charge in [-0.05, 0) is 49.0 Å². The third-order valence-corrected chi connectivity index (χ3v) is 4.40. The molecule has 0 aliphatic carbocycles. The van der Waals surface area contributed by atoms with Gasteiger partial charge in [0.25, 0.3) is 5.91 Å². The third kappa shape index (κ3) is 5.20. The number of nitrogens with one attached hydrogen (secondary N) is 3. The fourth-order valence-corrected chi connectivity index (χ4v) is 2.80. The summed E-state index contributed by atoms with van der Waals surface area (Å²) in [4.78, 5) is 12.0. The SMILES string of the molecule is CCc1n[nH]c(=S)n1NCc1ccc(OCC(=O)Nc2ccc(C)cc2)cc1. The first-order valence-electron chi connectivity index (χ1n) is 9.03. The monoisotopic (exact) mass is 397 g/mol. The molecule has 0 fully saturated rings. The van der Waals surface area contributed by atoms with Gasteiger partial charge in [0.2, 0.25) is 4.77 Å². The van der Waals surface area contributed by atoms with Crippen molar-refractivity contribution >= 4 is 23.8 Å². The minimum atomic E-state index is -0.198. The first-order chi connectivity index (χ1) is 13.5. The Labute approximate surface area is 168 Å². The van der Waals surface area contributed by atoms with Crippen molar-refractivity contribution in [1.82, 2.24) is 14.9 Å². The van der Waals surface area contributed by atoms with Gasteiger partial charge in [-0.1, -0.05) is 36.8 Å². The summed E-state index contributed by atoms with van der Waals surface area (Å²) in [7, 11) is 0. The van der Waals surface area contributed by atoms with Gasteiger partial charge in [-0.2, -0.15) is 5.10 Å². The van der Waals surface area contributed by atoms with E-state index in [0.717, 1.165) is 29.1 Å². The molecule has 1 aromatic heterocycles. The standard InChI is InChI=1S/C20H23N5O2S/c1-3-18-23-24-20(28)25(18)21-12-15-6-10-17(11-7-15)27-13-19(26)22-16-8-4-14(2)5-9-16/h4-11,21H,3,12-13H2,1-2H3,(H,22,26)(H,24,28). The number of amides is 1. The van der Waals surface area contributed by atoms with Crippen LogP contribution in [0.15, 0.2) is 48.5 Å². The molecule has 1 heterocycles. The minimum absolute atomic E-state index is 0.0461. The number of carbonyl (C=O) groups excluding carboxylic acids is 1. The van der Waals surface area contributed by atoms with Gasteiger partial charge >= 0.3 is 0 Å². The van der Waals surface area contributed by atoms with E-state index >= 15 is 0 Å². The fraction of sp³-hybridized carbons (Fsp3) is 0.250. The zero-order valence-corrected chi connectivity index (χ0v) is 16.7. The molecule has 146 valence electrons. The molecule has 0 atom stereocenters. The molecule has 3 N–H and O–H groups in total. The van der Waals surface area contributed by atoms with Gasteiger partial charge in [0.15, 0.2) is 12.4 Å². The Morgan fingerprint density at radius 1 is 1.18 bits per heavy atom. The number of hydrogen-bond donors (Lipinski definition) is 3. The van der Waals surface area contributed by atoms with E-state index in [4.69, 9.17) is 17.0 Å². The second-order valence-corrected chi connectivity index (χ2v) is 6.70. The lowest BCUT2D eigenvalue weighted by molar-refractivity contribution is -0.118. The smallest absolute Gasteiger partial charge is 0.262 e. The molecule has 0 aliphatic heterocycles. The number of rotatable bonds is 8. The molecule has 3 rings (SSSR count). The van der Waals surface area contributed by atoms with E-state index in [2.05, 4.69) is 20.9 Å². The van der Waals surface area contributed by atoms with Crippen LogP contribution in [0.4, 0.5) is 5.69 Å². The molecule has 3 aromatic rings. The van der Waals surface area contributed by atoms with Gasteiger partial charge in [0.05, 0.1) is 6.54 Å². The van der Waals surface area contributed by atoms with Crippen LogP contribution < -0.4 is 15.5 Å². The average molecular weight is 398 g/mol. The lowest BCUT2D eigenvalue weighted by Gasteiger charge is -2.10. The summed E-state index contributed by atoms with van der Waals surface area (Å²) in [6.45, 7) is 4.56. The van der Waals surface area contributed by atoms with E-state index in [1.807, 2.05) is 62.4 Å². The maximum Gasteiger partial charge on any atom is 0.262 e. The first kappa shape index (κ1) is 19.6. The predicted molar refractivity (Wildman–Crippen MR) is 112 cm³/mol. The van der Waals surface area contributed by atoms with Gasteiger partial charge in [0, 0.05) is 12.1 Å². The number of hydrogen-bond acceptors (Lipinski definition) is 5. The molecule has 28 heavy (non-hydrogen) atoms. The highest BCUT2D eigenvalue weighted by atomic mass is 32.1. The van der Waals surface area contributed by atoms with Crippen LogP contribution in [0.3, 0.4) is 0 Å². The summed E-state index contributed by atoms with van der Waals surface area (Å²) in [6.07, 6.45) is 0.775. The number of aromatic nitrogens is 3. The van der Waals surface area contributed by atoms with E-state index in [9.17, 15) is 4.79 Å². The minimum Gasteiger partial charge on any atom is -0.484 e. The fourth-order valence-electron chi connectivity index (χ4n) is 2.59. The lowest BCUT2D eigenvalue weighted by Crippen LogP contribution is -2.20. The topological polar surface area (TPSA) is 84.0 Å². The molecular weight excluding hydrogens is 374 g/mol. The normalized spacial score (nSPS) is 10.5. The molecule has 8 heteroatoms. The van der Waals surface area contributed by atoms with Gasteiger partial charge in [-0.3, -0.25) is 9.89 Å². The summed E-state index contributed by atoms with van der Waals surface area (Å²) < 4.78 is 7.87. The number of H-pyrrole nitrogens is 1. The molecule has 0 aliphatic rings. The Morgan fingerprint density at radius 2 is 1.89 bits per heavy atom. The third-order valence-electron chi connectivity index (χ3n) is 4.13. The molecule has 0 unspecified atom stereocenters. The molecular formula is C20H23N5O2S. The van der Waals surface area contributed by atoms with Crippen molar-refractivity contribution in [2.24, 2.45) is 0 Å². The summed E-state index contributed by atoms with van der Waals surface area (Å²) in [5, 5.41) is 9.74. The zero-order valence-electron chi connectivity index (χ0n) is 15.9. The number of anilines is 1. The molecule has 1 amide bonds. The van der Waals surface area contributed by atoms with Crippen molar-refractivity contribution in [3.63, 3.8) is 0 Å². The quantitative estimate of drug-likeness (QED) is 0.506. The summed E-state index contributed by atoms with van der Waals surface area (Å²) >= 11 is 5.21. The number of nitrogens with zero attached hydrogens (tertiary/aromatic N) is 2. The molecule has 0 saturated carbocycles. The number of carbonyl (C=O) groups is 1. The van der Waals surface area contributed by atoms with Crippen LogP contribution in [0.25, 0.3) is 0 Å². The van der Waals surface area contributed by atoms with Gasteiger partial charge in [-0.15, -0.1) is 0 Å². The molecule has 2 aromatic carbocycles. The van der Waals surface area contributed by atoms with Crippen molar-refractivity contribution in [1.29, 1.82) is 0 Å². The van der Waals surface area contributed by atoms with E-state index in [1.54, 1.807) is 4.68 Å². The second kappa shape index (κ2) is 9.18. The van der Waals surface area contributed by atoms with E-state index in [1.165, 1.54) is 0 Å². The molecule has 7 nitrogen and oxygen atoms in total. The number of aromatic amines is 1. The highest BCUT2D eigenvalue weighted by Crippen LogP contribution is 2.13. The van der Waals surface area contributed by atoms with Crippen LogP contribution in [0.5, 0.6) is 5.75 Å². The summed E-state index contributed by atoms with van der Waals surface area (Å²) in [5.74, 6) is 1.29. The van der Waals surface area contributed by atoms with Crippen molar-refractivity contribution in [2.75, 3.05) is 17.3 Å². The number of ether oxygens (including phenoxy) is 1. The Bertz CT molecular complexity index is 977. The summed E-state index contributed by atoms with van der Waals surface area (Å²) in [6, 6.07) is 15.2. The van der Waals surface area contributed by atoms with Crippen molar-refractivity contribution in [3.8, 4) is 5.75 Å². The average Bonchev–Trinajstić information content (AvgIpc) is 3.07. The highest BCUT2D eigenvalue weighted by molar-refractivity contribution is 7.71. The highest BCUT2D eigenvalue weighted by Gasteiger charge is 2.05. The van der Waals surface area contributed by atoms with Crippen LogP contribution in [0, 0.1) is 11.7 Å². The van der Waals surface area contributed by atoms with Crippen molar-refractivity contribution < 1.29 is 9.53 Å². The number of aryl methyl sites for hydroxylation is 2. The van der Waals surface area contributed by atoms with Gasteiger partial charge < -0.3 is 15.5 Å². The van der Waals surface area contributed by atoms with E-state index in [-0.39, 0.29) is 12.5 Å². The molecule has 0 radical (unpaired) electrons.